The molecular weight excluding hydrogens is 270 g/mol. The number of aliphatic carboxylic acids is 1. The Balaban J connectivity index is 1.83. The number of hydrogen-bond donors (Lipinski definition) is 3. The standard InChI is InChI=1S/C15H21N3O3/c1-18-7-3-6-13(18)10-16-15(21)17-12-5-2-4-11(8-12)9-14(19)20/h2,4-5,8,13H,3,6-7,9-10H2,1H3,(H,19,20)(H2,16,17,21). The zero-order valence-corrected chi connectivity index (χ0v) is 12.1. The number of benzene rings is 1. The third kappa shape index (κ3) is 4.75. The van der Waals surface area contributed by atoms with Crippen LogP contribution in [-0.4, -0.2) is 48.2 Å². The van der Waals surface area contributed by atoms with Gasteiger partial charge in [-0.15, -0.1) is 0 Å². The number of nitrogens with zero attached hydrogens (tertiary/aromatic N) is 1. The third-order valence-electron chi connectivity index (χ3n) is 3.71. The summed E-state index contributed by atoms with van der Waals surface area (Å²) in [6, 6.07) is 7.02. The summed E-state index contributed by atoms with van der Waals surface area (Å²) in [5.74, 6) is -0.888. The molecule has 2 amide bonds. The van der Waals surface area contributed by atoms with Crippen LogP contribution in [0.4, 0.5) is 10.5 Å². The minimum Gasteiger partial charge on any atom is -0.481 e. The normalized spacial score (nSPS) is 18.4. The third-order valence-corrected chi connectivity index (χ3v) is 3.71. The highest BCUT2D eigenvalue weighted by atomic mass is 16.4. The van der Waals surface area contributed by atoms with E-state index in [1.165, 1.54) is 6.42 Å². The second-order valence-electron chi connectivity index (χ2n) is 5.38. The van der Waals surface area contributed by atoms with E-state index in [0.717, 1.165) is 13.0 Å². The first-order chi connectivity index (χ1) is 10.0. The van der Waals surface area contributed by atoms with E-state index in [9.17, 15) is 9.59 Å². The molecule has 0 aliphatic carbocycles. The molecule has 1 aromatic carbocycles. The second kappa shape index (κ2) is 7.08. The number of likely N-dealkylation sites (N-methyl/N-ethyl adjacent to an activating group) is 1. The Morgan fingerprint density at radius 2 is 2.24 bits per heavy atom. The maximum absolute atomic E-state index is 11.9. The van der Waals surface area contributed by atoms with E-state index in [0.29, 0.717) is 23.8 Å². The van der Waals surface area contributed by atoms with Crippen molar-refractivity contribution in [3.63, 3.8) is 0 Å². The molecule has 1 fully saturated rings. The van der Waals surface area contributed by atoms with E-state index in [4.69, 9.17) is 5.11 Å². The van der Waals surface area contributed by atoms with Crippen LogP contribution >= 0.6 is 0 Å². The number of amides is 2. The molecule has 21 heavy (non-hydrogen) atoms. The summed E-state index contributed by atoms with van der Waals surface area (Å²) in [6.45, 7) is 1.70. The highest BCUT2D eigenvalue weighted by Gasteiger charge is 2.20. The van der Waals surface area contributed by atoms with Crippen LogP contribution in [-0.2, 0) is 11.2 Å². The molecule has 1 heterocycles. The predicted octanol–water partition coefficient (Wildman–Crippen LogP) is 1.53. The van der Waals surface area contributed by atoms with E-state index < -0.39 is 5.97 Å². The fourth-order valence-corrected chi connectivity index (χ4v) is 2.56. The number of carbonyl (C=O) groups is 2. The van der Waals surface area contributed by atoms with Crippen molar-refractivity contribution in [3.8, 4) is 0 Å². The van der Waals surface area contributed by atoms with Gasteiger partial charge in [-0.2, -0.15) is 0 Å². The molecule has 1 atom stereocenters. The van der Waals surface area contributed by atoms with E-state index >= 15 is 0 Å². The van der Waals surface area contributed by atoms with Crippen molar-refractivity contribution in [1.29, 1.82) is 0 Å². The first-order valence-electron chi connectivity index (χ1n) is 7.10. The largest absolute Gasteiger partial charge is 0.481 e. The number of rotatable bonds is 5. The summed E-state index contributed by atoms with van der Waals surface area (Å²) in [5, 5.41) is 14.4. The van der Waals surface area contributed by atoms with Crippen molar-refractivity contribution in [2.75, 3.05) is 25.5 Å². The first kappa shape index (κ1) is 15.3. The fourth-order valence-electron chi connectivity index (χ4n) is 2.56. The van der Waals surface area contributed by atoms with E-state index in [1.54, 1.807) is 24.3 Å². The average Bonchev–Trinajstić information content (AvgIpc) is 2.81. The Morgan fingerprint density at radius 3 is 2.90 bits per heavy atom. The minimum absolute atomic E-state index is 0.0516. The van der Waals surface area contributed by atoms with Gasteiger partial charge < -0.3 is 20.6 Å². The van der Waals surface area contributed by atoms with Crippen LogP contribution in [0.15, 0.2) is 24.3 Å². The molecule has 3 N–H and O–H groups in total. The molecule has 1 aliphatic heterocycles. The molecule has 6 heteroatoms. The van der Waals surface area contributed by atoms with Gasteiger partial charge in [0.15, 0.2) is 0 Å². The molecule has 6 nitrogen and oxygen atoms in total. The molecule has 114 valence electrons. The molecule has 1 saturated heterocycles. The molecule has 0 saturated carbocycles. The van der Waals surface area contributed by atoms with Crippen LogP contribution in [0.2, 0.25) is 0 Å². The van der Waals surface area contributed by atoms with E-state index in [2.05, 4.69) is 22.6 Å². The Bertz CT molecular complexity index is 519. The van der Waals surface area contributed by atoms with Crippen molar-refractivity contribution in [3.05, 3.63) is 29.8 Å². The smallest absolute Gasteiger partial charge is 0.319 e. The van der Waals surface area contributed by atoms with Crippen molar-refractivity contribution >= 4 is 17.7 Å². The Kier molecular flexibility index (Phi) is 5.16. The molecule has 0 bridgehead atoms. The summed E-state index contributed by atoms with van der Waals surface area (Å²) in [7, 11) is 2.06. The zero-order chi connectivity index (χ0) is 15.2. The summed E-state index contributed by atoms with van der Waals surface area (Å²) in [5.41, 5.74) is 1.27. The monoisotopic (exact) mass is 291 g/mol. The number of nitrogens with one attached hydrogen (secondary N) is 2. The van der Waals surface area contributed by atoms with Gasteiger partial charge in [0.1, 0.15) is 0 Å². The Labute approximate surface area is 124 Å². The lowest BCUT2D eigenvalue weighted by atomic mass is 10.1. The molecule has 0 aromatic heterocycles. The summed E-state index contributed by atoms with van der Waals surface area (Å²) in [4.78, 5) is 24.8. The Morgan fingerprint density at radius 1 is 1.43 bits per heavy atom. The number of carboxylic acids is 1. The van der Waals surface area contributed by atoms with Gasteiger partial charge in [0, 0.05) is 18.3 Å². The van der Waals surface area contributed by atoms with Crippen LogP contribution < -0.4 is 10.6 Å². The van der Waals surface area contributed by atoms with Crippen LogP contribution in [0.1, 0.15) is 18.4 Å². The van der Waals surface area contributed by atoms with Crippen LogP contribution in [0.5, 0.6) is 0 Å². The van der Waals surface area contributed by atoms with Crippen molar-refractivity contribution < 1.29 is 14.7 Å². The average molecular weight is 291 g/mol. The van der Waals surface area contributed by atoms with Gasteiger partial charge in [-0.25, -0.2) is 4.79 Å². The molecule has 0 spiro atoms. The highest BCUT2D eigenvalue weighted by Crippen LogP contribution is 2.14. The van der Waals surface area contributed by atoms with Gasteiger partial charge in [-0.3, -0.25) is 4.79 Å². The number of anilines is 1. The lowest BCUT2D eigenvalue weighted by molar-refractivity contribution is -0.136. The van der Waals surface area contributed by atoms with Crippen LogP contribution in [0, 0.1) is 0 Å². The fraction of sp³-hybridized carbons (Fsp3) is 0.467. The maximum Gasteiger partial charge on any atom is 0.319 e. The number of likely N-dealkylation sites (tertiary alicyclic amines) is 1. The van der Waals surface area contributed by atoms with Gasteiger partial charge in [0.05, 0.1) is 6.42 Å². The number of hydrogen-bond acceptors (Lipinski definition) is 3. The number of carboxylic acid groups (broad SMARTS) is 1. The minimum atomic E-state index is -0.888. The first-order valence-corrected chi connectivity index (χ1v) is 7.10. The van der Waals surface area contributed by atoms with Gasteiger partial charge in [-0.1, -0.05) is 12.1 Å². The molecule has 1 aliphatic rings. The molecule has 2 rings (SSSR count). The lowest BCUT2D eigenvalue weighted by Crippen LogP contribution is -2.40. The molecular formula is C15H21N3O3. The van der Waals surface area contributed by atoms with Crippen LogP contribution in [0.3, 0.4) is 0 Å². The Hall–Kier alpha value is -2.08. The summed E-state index contributed by atoms with van der Waals surface area (Å²) < 4.78 is 0. The van der Waals surface area contributed by atoms with Gasteiger partial charge in [-0.05, 0) is 44.1 Å². The van der Waals surface area contributed by atoms with Crippen molar-refractivity contribution in [1.82, 2.24) is 10.2 Å². The number of carbonyl (C=O) groups excluding carboxylic acids is 1. The topological polar surface area (TPSA) is 81.7 Å². The predicted molar refractivity (Wildman–Crippen MR) is 80.5 cm³/mol. The maximum atomic E-state index is 11.9. The second-order valence-corrected chi connectivity index (χ2v) is 5.38. The quantitative estimate of drug-likeness (QED) is 0.768. The molecule has 0 radical (unpaired) electrons. The summed E-state index contributed by atoms with van der Waals surface area (Å²) >= 11 is 0. The van der Waals surface area contributed by atoms with E-state index in [1.807, 2.05) is 0 Å². The lowest BCUT2D eigenvalue weighted by Gasteiger charge is -2.19. The molecule has 1 aromatic rings. The summed E-state index contributed by atoms with van der Waals surface area (Å²) in [6.07, 6.45) is 2.22. The molecule has 1 unspecified atom stereocenters. The van der Waals surface area contributed by atoms with Gasteiger partial charge in [0.25, 0.3) is 0 Å². The van der Waals surface area contributed by atoms with Gasteiger partial charge >= 0.3 is 12.0 Å². The highest BCUT2D eigenvalue weighted by molar-refractivity contribution is 5.89. The van der Waals surface area contributed by atoms with Crippen LogP contribution in [0.25, 0.3) is 0 Å². The van der Waals surface area contributed by atoms with E-state index in [-0.39, 0.29) is 12.5 Å². The SMILES string of the molecule is CN1CCCC1CNC(=O)Nc1cccc(CC(=O)O)c1. The van der Waals surface area contributed by atoms with Crippen molar-refractivity contribution in [2.24, 2.45) is 0 Å². The van der Waals surface area contributed by atoms with Crippen molar-refractivity contribution in [2.45, 2.75) is 25.3 Å². The number of urea groups is 1. The van der Waals surface area contributed by atoms with Gasteiger partial charge in [0.2, 0.25) is 0 Å². The zero-order valence-electron chi connectivity index (χ0n) is 12.1.